The molecule has 1 aromatic rings. The lowest BCUT2D eigenvalue weighted by Gasteiger charge is -2.05. The van der Waals surface area contributed by atoms with Gasteiger partial charge in [-0.05, 0) is 6.92 Å². The van der Waals surface area contributed by atoms with Gasteiger partial charge in [0.25, 0.3) is 0 Å². The second-order valence-electron chi connectivity index (χ2n) is 3.09. The molecule has 8 heteroatoms. The minimum atomic E-state index is -3.52. The Morgan fingerprint density at radius 2 is 2.31 bits per heavy atom. The van der Waals surface area contributed by atoms with Gasteiger partial charge in [0.15, 0.2) is 0 Å². The Bertz CT molecular complexity index is 415. The van der Waals surface area contributed by atoms with E-state index < -0.39 is 10.0 Å². The van der Waals surface area contributed by atoms with E-state index in [0.29, 0.717) is 5.69 Å². The average molecular weight is 249 g/mol. The van der Waals surface area contributed by atoms with Gasteiger partial charge in [0.1, 0.15) is 4.90 Å². The summed E-state index contributed by atoms with van der Waals surface area (Å²) < 4.78 is 30.6. The first kappa shape index (κ1) is 13.1. The Kier molecular flexibility index (Phi) is 4.87. The van der Waals surface area contributed by atoms with Gasteiger partial charge in [0.2, 0.25) is 10.0 Å². The number of nitrogens with zero attached hydrogens (tertiary/aromatic N) is 1. The molecule has 0 aliphatic rings. The van der Waals surface area contributed by atoms with Crippen molar-refractivity contribution in [2.75, 3.05) is 26.4 Å². The largest absolute Gasteiger partial charge is 0.394 e. The highest BCUT2D eigenvalue weighted by molar-refractivity contribution is 7.89. The Balaban J connectivity index is 2.45. The van der Waals surface area contributed by atoms with Crippen LogP contribution in [0.4, 0.5) is 0 Å². The zero-order valence-electron chi connectivity index (χ0n) is 8.93. The number of hydrogen-bond acceptors (Lipinski definition) is 5. The smallest absolute Gasteiger partial charge is 0.244 e. The van der Waals surface area contributed by atoms with Crippen molar-refractivity contribution in [3.63, 3.8) is 0 Å². The van der Waals surface area contributed by atoms with Gasteiger partial charge in [0.05, 0.1) is 31.7 Å². The summed E-state index contributed by atoms with van der Waals surface area (Å²) in [4.78, 5) is 0.134. The third-order valence-electron chi connectivity index (χ3n) is 1.85. The summed E-state index contributed by atoms with van der Waals surface area (Å²) in [6.07, 6.45) is 1.26. The van der Waals surface area contributed by atoms with Crippen molar-refractivity contribution >= 4 is 10.0 Å². The fourth-order valence-corrected chi connectivity index (χ4v) is 2.25. The summed E-state index contributed by atoms with van der Waals surface area (Å²) in [6.45, 7) is 2.13. The molecule has 0 aliphatic heterocycles. The van der Waals surface area contributed by atoms with Gasteiger partial charge in [-0.1, -0.05) is 0 Å². The maximum atomic E-state index is 11.7. The third kappa shape index (κ3) is 3.56. The fraction of sp³-hybridized carbons (Fsp3) is 0.625. The van der Waals surface area contributed by atoms with E-state index in [1.54, 1.807) is 6.92 Å². The van der Waals surface area contributed by atoms with E-state index in [2.05, 4.69) is 14.9 Å². The van der Waals surface area contributed by atoms with Crippen LogP contribution in [-0.4, -0.2) is 50.1 Å². The van der Waals surface area contributed by atoms with E-state index in [-0.39, 0.29) is 31.3 Å². The predicted octanol–water partition coefficient (Wildman–Crippen LogP) is -0.995. The molecule has 0 bridgehead atoms. The van der Waals surface area contributed by atoms with Gasteiger partial charge in [-0.15, -0.1) is 0 Å². The van der Waals surface area contributed by atoms with Crippen LogP contribution in [0.15, 0.2) is 11.1 Å². The number of aromatic amines is 1. The average Bonchev–Trinajstić information content (AvgIpc) is 2.65. The molecule has 0 radical (unpaired) electrons. The number of aromatic nitrogens is 2. The van der Waals surface area contributed by atoms with Crippen LogP contribution in [0.3, 0.4) is 0 Å². The second-order valence-corrected chi connectivity index (χ2v) is 4.83. The number of hydrogen-bond donors (Lipinski definition) is 3. The van der Waals surface area contributed by atoms with Crippen molar-refractivity contribution in [1.29, 1.82) is 0 Å². The maximum Gasteiger partial charge on any atom is 0.244 e. The minimum absolute atomic E-state index is 0.0758. The van der Waals surface area contributed by atoms with Crippen molar-refractivity contribution in [1.82, 2.24) is 14.9 Å². The van der Waals surface area contributed by atoms with Crippen LogP contribution < -0.4 is 4.72 Å². The number of aryl methyl sites for hydroxylation is 1. The Morgan fingerprint density at radius 3 is 2.88 bits per heavy atom. The molecule has 0 aromatic carbocycles. The second kappa shape index (κ2) is 5.94. The summed E-state index contributed by atoms with van der Waals surface area (Å²) in [5.74, 6) is 0. The maximum absolute atomic E-state index is 11.7. The molecule has 3 N–H and O–H groups in total. The summed E-state index contributed by atoms with van der Waals surface area (Å²) in [7, 11) is -3.52. The molecule has 16 heavy (non-hydrogen) atoms. The normalized spacial score (nSPS) is 11.9. The topological polar surface area (TPSA) is 104 Å². The number of nitrogens with one attached hydrogen (secondary N) is 2. The highest BCUT2D eigenvalue weighted by Gasteiger charge is 2.17. The number of aliphatic hydroxyl groups excluding tert-OH is 1. The highest BCUT2D eigenvalue weighted by atomic mass is 32.2. The molecule has 1 aromatic heterocycles. The van der Waals surface area contributed by atoms with E-state index in [1.807, 2.05) is 0 Å². The van der Waals surface area contributed by atoms with E-state index in [9.17, 15) is 8.42 Å². The van der Waals surface area contributed by atoms with Crippen molar-refractivity contribution in [2.45, 2.75) is 11.8 Å². The van der Waals surface area contributed by atoms with E-state index in [4.69, 9.17) is 9.84 Å². The highest BCUT2D eigenvalue weighted by Crippen LogP contribution is 2.09. The van der Waals surface area contributed by atoms with Crippen LogP contribution in [0.5, 0.6) is 0 Å². The first-order chi connectivity index (χ1) is 7.58. The van der Waals surface area contributed by atoms with Gasteiger partial charge in [-0.3, -0.25) is 5.10 Å². The zero-order valence-corrected chi connectivity index (χ0v) is 9.75. The lowest BCUT2D eigenvalue weighted by Crippen LogP contribution is -2.28. The van der Waals surface area contributed by atoms with Gasteiger partial charge in [-0.2, -0.15) is 5.10 Å². The zero-order chi connectivity index (χ0) is 12.0. The molecule has 0 amide bonds. The summed E-state index contributed by atoms with van der Waals surface area (Å²) in [5.41, 5.74) is 0.490. The summed E-state index contributed by atoms with van der Waals surface area (Å²) >= 11 is 0. The first-order valence-corrected chi connectivity index (χ1v) is 6.24. The monoisotopic (exact) mass is 249 g/mol. The van der Waals surface area contributed by atoms with Crippen molar-refractivity contribution in [2.24, 2.45) is 0 Å². The number of rotatable bonds is 7. The molecular formula is C8H15N3O4S. The number of aliphatic hydroxyl groups is 1. The number of ether oxygens (including phenoxy) is 1. The standard InChI is InChI=1S/C8H15N3O4S/c1-7-8(6-9-11-7)16(13,14)10-2-4-15-5-3-12/h6,10,12H,2-5H2,1H3,(H,9,11). The summed E-state index contributed by atoms with van der Waals surface area (Å²) in [5, 5.41) is 14.6. The number of sulfonamides is 1. The van der Waals surface area contributed by atoms with Gasteiger partial charge in [-0.25, -0.2) is 13.1 Å². The Labute approximate surface area is 93.9 Å². The Hall–Kier alpha value is -0.960. The van der Waals surface area contributed by atoms with Crippen molar-refractivity contribution in [3.05, 3.63) is 11.9 Å². The molecule has 1 rings (SSSR count). The molecule has 0 fully saturated rings. The van der Waals surface area contributed by atoms with Gasteiger partial charge >= 0.3 is 0 Å². The van der Waals surface area contributed by atoms with E-state index in [1.165, 1.54) is 6.20 Å². The summed E-state index contributed by atoms with van der Waals surface area (Å²) in [6, 6.07) is 0. The third-order valence-corrected chi connectivity index (χ3v) is 3.42. The van der Waals surface area contributed by atoms with E-state index >= 15 is 0 Å². The molecule has 0 unspecified atom stereocenters. The van der Waals surface area contributed by atoms with E-state index in [0.717, 1.165) is 0 Å². The molecule has 0 saturated heterocycles. The lowest BCUT2D eigenvalue weighted by molar-refractivity contribution is 0.0961. The Morgan fingerprint density at radius 1 is 1.56 bits per heavy atom. The lowest BCUT2D eigenvalue weighted by atomic mass is 10.5. The quantitative estimate of drug-likeness (QED) is 0.538. The van der Waals surface area contributed by atoms with Crippen molar-refractivity contribution < 1.29 is 18.3 Å². The van der Waals surface area contributed by atoms with Crippen LogP contribution in [0.25, 0.3) is 0 Å². The number of H-pyrrole nitrogens is 1. The fourth-order valence-electron chi connectivity index (χ4n) is 1.10. The van der Waals surface area contributed by atoms with Crippen LogP contribution in [0, 0.1) is 6.92 Å². The molecule has 7 nitrogen and oxygen atoms in total. The molecule has 0 atom stereocenters. The van der Waals surface area contributed by atoms with Crippen molar-refractivity contribution in [3.8, 4) is 0 Å². The minimum Gasteiger partial charge on any atom is -0.394 e. The van der Waals surface area contributed by atoms with Gasteiger partial charge < -0.3 is 9.84 Å². The molecule has 92 valence electrons. The molecular weight excluding hydrogens is 234 g/mol. The van der Waals surface area contributed by atoms with Crippen LogP contribution in [0.1, 0.15) is 5.69 Å². The first-order valence-electron chi connectivity index (χ1n) is 4.76. The van der Waals surface area contributed by atoms with Crippen LogP contribution in [0.2, 0.25) is 0 Å². The molecule has 0 aliphatic carbocycles. The molecule has 0 spiro atoms. The van der Waals surface area contributed by atoms with Crippen LogP contribution in [-0.2, 0) is 14.8 Å². The molecule has 0 saturated carbocycles. The predicted molar refractivity (Wildman–Crippen MR) is 56.4 cm³/mol. The van der Waals surface area contributed by atoms with Gasteiger partial charge in [0, 0.05) is 6.54 Å². The van der Waals surface area contributed by atoms with Crippen LogP contribution >= 0.6 is 0 Å². The SMILES string of the molecule is Cc1[nH]ncc1S(=O)(=O)NCCOCCO. The molecule has 1 heterocycles.